The Bertz CT molecular complexity index is 134. The van der Waals surface area contributed by atoms with Crippen molar-refractivity contribution >= 4 is 17.3 Å². The molecule has 0 aromatic heterocycles. The Hall–Kier alpha value is 0.0200. The van der Waals surface area contributed by atoms with Crippen LogP contribution in [0.15, 0.2) is 4.99 Å². The standard InChI is InChI=1S/C9H17NS/c1-3-4-5-6-9-8(2)10-7-11-9/h7-9H,3-6H2,1-2H3. The fourth-order valence-electron chi connectivity index (χ4n) is 1.32. The summed E-state index contributed by atoms with van der Waals surface area (Å²) in [5.41, 5.74) is 2.02. The monoisotopic (exact) mass is 171 g/mol. The molecule has 1 nitrogen and oxygen atoms in total. The van der Waals surface area contributed by atoms with Gasteiger partial charge in [0.15, 0.2) is 0 Å². The first kappa shape index (κ1) is 9.11. The molecule has 1 aliphatic rings. The summed E-state index contributed by atoms with van der Waals surface area (Å²) >= 11 is 1.91. The number of hydrogen-bond acceptors (Lipinski definition) is 2. The van der Waals surface area contributed by atoms with Gasteiger partial charge in [-0.3, -0.25) is 4.99 Å². The summed E-state index contributed by atoms with van der Waals surface area (Å²) in [6.07, 6.45) is 5.43. The van der Waals surface area contributed by atoms with Crippen LogP contribution in [0.1, 0.15) is 39.5 Å². The van der Waals surface area contributed by atoms with Crippen molar-refractivity contribution in [3.05, 3.63) is 0 Å². The number of aliphatic imine (C=N–C) groups is 1. The summed E-state index contributed by atoms with van der Waals surface area (Å²) in [6.45, 7) is 4.47. The summed E-state index contributed by atoms with van der Waals surface area (Å²) in [6, 6.07) is 0.567. The van der Waals surface area contributed by atoms with Gasteiger partial charge < -0.3 is 0 Å². The average Bonchev–Trinajstić information content (AvgIpc) is 2.37. The van der Waals surface area contributed by atoms with Crippen LogP contribution in [-0.2, 0) is 0 Å². The van der Waals surface area contributed by atoms with E-state index in [2.05, 4.69) is 18.8 Å². The SMILES string of the molecule is CCCCCC1SC=NC1C. The van der Waals surface area contributed by atoms with E-state index in [1.54, 1.807) is 0 Å². The van der Waals surface area contributed by atoms with Crippen LogP contribution in [0.4, 0.5) is 0 Å². The predicted molar refractivity (Wildman–Crippen MR) is 53.5 cm³/mol. The highest BCUT2D eigenvalue weighted by Crippen LogP contribution is 2.26. The number of nitrogens with zero attached hydrogens (tertiary/aromatic N) is 1. The molecular weight excluding hydrogens is 154 g/mol. The third kappa shape index (κ3) is 2.86. The maximum Gasteiger partial charge on any atom is 0.0600 e. The zero-order valence-electron chi connectivity index (χ0n) is 7.42. The van der Waals surface area contributed by atoms with E-state index in [9.17, 15) is 0 Å². The second-order valence-corrected chi connectivity index (χ2v) is 4.25. The summed E-state index contributed by atoms with van der Waals surface area (Å²) in [5, 5.41) is 0.779. The largest absolute Gasteiger partial charge is 0.282 e. The molecule has 2 heteroatoms. The van der Waals surface area contributed by atoms with Crippen molar-refractivity contribution in [1.29, 1.82) is 0 Å². The van der Waals surface area contributed by atoms with E-state index < -0.39 is 0 Å². The smallest absolute Gasteiger partial charge is 0.0600 e. The van der Waals surface area contributed by atoms with E-state index in [0.717, 1.165) is 5.25 Å². The van der Waals surface area contributed by atoms with E-state index in [1.165, 1.54) is 25.7 Å². The molecule has 0 aromatic carbocycles. The van der Waals surface area contributed by atoms with Gasteiger partial charge in [-0.25, -0.2) is 0 Å². The summed E-state index contributed by atoms with van der Waals surface area (Å²) in [4.78, 5) is 4.33. The Morgan fingerprint density at radius 3 is 2.82 bits per heavy atom. The summed E-state index contributed by atoms with van der Waals surface area (Å²) in [5.74, 6) is 0. The van der Waals surface area contributed by atoms with Crippen LogP contribution in [0.2, 0.25) is 0 Å². The molecule has 2 unspecified atom stereocenters. The average molecular weight is 171 g/mol. The molecule has 1 rings (SSSR count). The van der Waals surface area contributed by atoms with E-state index in [4.69, 9.17) is 0 Å². The second-order valence-electron chi connectivity index (χ2n) is 3.17. The van der Waals surface area contributed by atoms with Crippen LogP contribution < -0.4 is 0 Å². The molecule has 0 bridgehead atoms. The van der Waals surface area contributed by atoms with Gasteiger partial charge in [-0.2, -0.15) is 0 Å². The molecule has 0 spiro atoms. The molecule has 0 fully saturated rings. The minimum atomic E-state index is 0.567. The van der Waals surface area contributed by atoms with Crippen molar-refractivity contribution in [2.24, 2.45) is 4.99 Å². The van der Waals surface area contributed by atoms with Crippen molar-refractivity contribution in [2.75, 3.05) is 0 Å². The van der Waals surface area contributed by atoms with Crippen molar-refractivity contribution in [3.63, 3.8) is 0 Å². The van der Waals surface area contributed by atoms with Crippen LogP contribution in [-0.4, -0.2) is 16.8 Å². The van der Waals surface area contributed by atoms with Gasteiger partial charge in [0.25, 0.3) is 0 Å². The van der Waals surface area contributed by atoms with Crippen LogP contribution >= 0.6 is 11.8 Å². The van der Waals surface area contributed by atoms with Gasteiger partial charge in [0.05, 0.1) is 11.6 Å². The van der Waals surface area contributed by atoms with Crippen LogP contribution in [0.3, 0.4) is 0 Å². The van der Waals surface area contributed by atoms with Crippen LogP contribution in [0, 0.1) is 0 Å². The highest BCUT2D eigenvalue weighted by molar-refractivity contribution is 8.12. The van der Waals surface area contributed by atoms with E-state index in [-0.39, 0.29) is 0 Å². The molecule has 0 amide bonds. The molecule has 0 saturated heterocycles. The first-order valence-electron chi connectivity index (χ1n) is 4.51. The second kappa shape index (κ2) is 4.81. The van der Waals surface area contributed by atoms with Crippen molar-refractivity contribution in [3.8, 4) is 0 Å². The Kier molecular flexibility index (Phi) is 3.98. The Labute approximate surface area is 73.7 Å². The lowest BCUT2D eigenvalue weighted by Crippen LogP contribution is -2.12. The maximum absolute atomic E-state index is 4.33. The van der Waals surface area contributed by atoms with E-state index >= 15 is 0 Å². The van der Waals surface area contributed by atoms with Crippen molar-refractivity contribution in [1.82, 2.24) is 0 Å². The topological polar surface area (TPSA) is 12.4 Å². The molecule has 1 heterocycles. The third-order valence-electron chi connectivity index (χ3n) is 2.16. The maximum atomic E-state index is 4.33. The highest BCUT2D eigenvalue weighted by atomic mass is 32.2. The molecule has 2 atom stereocenters. The minimum Gasteiger partial charge on any atom is -0.282 e. The molecular formula is C9H17NS. The van der Waals surface area contributed by atoms with Gasteiger partial charge in [0.1, 0.15) is 0 Å². The Balaban J connectivity index is 2.08. The molecule has 0 aromatic rings. The molecule has 11 heavy (non-hydrogen) atoms. The molecule has 64 valence electrons. The summed E-state index contributed by atoms with van der Waals surface area (Å²) < 4.78 is 0. The zero-order valence-corrected chi connectivity index (χ0v) is 8.23. The van der Waals surface area contributed by atoms with Gasteiger partial charge in [0, 0.05) is 5.25 Å². The first-order chi connectivity index (χ1) is 5.34. The lowest BCUT2D eigenvalue weighted by atomic mass is 10.1. The summed E-state index contributed by atoms with van der Waals surface area (Å²) in [7, 11) is 0. The lowest BCUT2D eigenvalue weighted by molar-refractivity contribution is 0.598. The molecule has 0 N–H and O–H groups in total. The first-order valence-corrected chi connectivity index (χ1v) is 5.46. The van der Waals surface area contributed by atoms with Crippen LogP contribution in [0.5, 0.6) is 0 Å². The molecule has 0 radical (unpaired) electrons. The zero-order chi connectivity index (χ0) is 8.10. The third-order valence-corrected chi connectivity index (χ3v) is 3.38. The van der Waals surface area contributed by atoms with Crippen molar-refractivity contribution in [2.45, 2.75) is 50.8 Å². The quantitative estimate of drug-likeness (QED) is 0.592. The lowest BCUT2D eigenvalue weighted by Gasteiger charge is -2.11. The van der Waals surface area contributed by atoms with Gasteiger partial charge in [-0.15, -0.1) is 11.8 Å². The predicted octanol–water partition coefficient (Wildman–Crippen LogP) is 3.10. The van der Waals surface area contributed by atoms with E-state index in [0.29, 0.717) is 6.04 Å². The van der Waals surface area contributed by atoms with E-state index in [1.807, 2.05) is 17.3 Å². The molecule has 0 aliphatic carbocycles. The van der Waals surface area contributed by atoms with Gasteiger partial charge in [-0.1, -0.05) is 26.2 Å². The highest BCUT2D eigenvalue weighted by Gasteiger charge is 2.19. The number of hydrogen-bond donors (Lipinski definition) is 0. The number of unbranched alkanes of at least 4 members (excludes halogenated alkanes) is 2. The van der Waals surface area contributed by atoms with Gasteiger partial charge >= 0.3 is 0 Å². The van der Waals surface area contributed by atoms with Crippen molar-refractivity contribution < 1.29 is 0 Å². The number of rotatable bonds is 4. The van der Waals surface area contributed by atoms with Crippen LogP contribution in [0.25, 0.3) is 0 Å². The van der Waals surface area contributed by atoms with Gasteiger partial charge in [0.2, 0.25) is 0 Å². The Morgan fingerprint density at radius 1 is 1.45 bits per heavy atom. The normalized spacial score (nSPS) is 29.6. The minimum absolute atomic E-state index is 0.567. The fraction of sp³-hybridized carbons (Fsp3) is 0.889. The molecule has 1 aliphatic heterocycles. The number of thioether (sulfide) groups is 1. The molecule has 0 saturated carbocycles. The van der Waals surface area contributed by atoms with Gasteiger partial charge in [-0.05, 0) is 13.3 Å². The Morgan fingerprint density at radius 2 is 2.27 bits per heavy atom. The fourth-order valence-corrected chi connectivity index (χ4v) is 2.34.